The fourth-order valence-electron chi connectivity index (χ4n) is 0.552. The SMILES string of the molecule is COCCC[C@@H](Cl)OBO. The maximum Gasteiger partial charge on any atom is 0.436 e. The lowest BCUT2D eigenvalue weighted by atomic mass is 10.3. The number of rotatable bonds is 6. The zero-order valence-electron chi connectivity index (χ0n) is 6.05. The van der Waals surface area contributed by atoms with E-state index < -0.39 is 0 Å². The molecule has 60 valence electrons. The van der Waals surface area contributed by atoms with Crippen LogP contribution in [0.2, 0.25) is 0 Å². The summed E-state index contributed by atoms with van der Waals surface area (Å²) in [6.45, 7) is 0.679. The average Bonchev–Trinajstić information content (AvgIpc) is 1.89. The zero-order chi connectivity index (χ0) is 7.82. The van der Waals surface area contributed by atoms with Crippen LogP contribution in [0.1, 0.15) is 12.8 Å². The Bertz CT molecular complexity index is 73.9. The minimum absolute atomic E-state index is 0.318. The van der Waals surface area contributed by atoms with E-state index in [4.69, 9.17) is 21.4 Å². The van der Waals surface area contributed by atoms with Crippen LogP contribution in [0.25, 0.3) is 0 Å². The van der Waals surface area contributed by atoms with E-state index >= 15 is 0 Å². The summed E-state index contributed by atoms with van der Waals surface area (Å²) in [7, 11) is 1.32. The lowest BCUT2D eigenvalue weighted by molar-refractivity contribution is 0.174. The van der Waals surface area contributed by atoms with Gasteiger partial charge in [0.2, 0.25) is 0 Å². The monoisotopic (exact) mass is 166 g/mol. The van der Waals surface area contributed by atoms with Gasteiger partial charge >= 0.3 is 7.69 Å². The Balaban J connectivity index is 2.97. The Hall–Kier alpha value is 0.235. The van der Waals surface area contributed by atoms with Gasteiger partial charge in [-0.2, -0.15) is 0 Å². The highest BCUT2D eigenvalue weighted by Crippen LogP contribution is 2.05. The van der Waals surface area contributed by atoms with Crippen LogP contribution in [0.4, 0.5) is 0 Å². The normalized spacial score (nSPS) is 13.1. The summed E-state index contributed by atoms with van der Waals surface area (Å²) in [5.41, 5.74) is -0.389. The molecule has 0 unspecified atom stereocenters. The largest absolute Gasteiger partial charge is 0.436 e. The molecule has 3 nitrogen and oxygen atoms in total. The van der Waals surface area contributed by atoms with Gasteiger partial charge in [0.15, 0.2) is 0 Å². The fourth-order valence-corrected chi connectivity index (χ4v) is 0.763. The molecule has 0 aromatic heterocycles. The molecule has 0 saturated carbocycles. The molecule has 0 heterocycles. The van der Waals surface area contributed by atoms with Crippen molar-refractivity contribution in [3.8, 4) is 0 Å². The molecule has 10 heavy (non-hydrogen) atoms. The fraction of sp³-hybridized carbons (Fsp3) is 1.00. The van der Waals surface area contributed by atoms with Crippen molar-refractivity contribution in [2.45, 2.75) is 18.4 Å². The highest BCUT2D eigenvalue weighted by atomic mass is 35.5. The van der Waals surface area contributed by atoms with Crippen molar-refractivity contribution < 1.29 is 14.4 Å². The summed E-state index contributed by atoms with van der Waals surface area (Å²) < 4.78 is 9.45. The van der Waals surface area contributed by atoms with Crippen molar-refractivity contribution in [1.29, 1.82) is 0 Å². The van der Waals surface area contributed by atoms with E-state index in [0.29, 0.717) is 13.0 Å². The second-order valence-electron chi connectivity index (χ2n) is 1.84. The molecule has 0 aliphatic rings. The molecule has 0 fully saturated rings. The van der Waals surface area contributed by atoms with Gasteiger partial charge in [0, 0.05) is 13.7 Å². The molecule has 0 radical (unpaired) electrons. The molecule has 1 atom stereocenters. The van der Waals surface area contributed by atoms with E-state index in [0.717, 1.165) is 6.42 Å². The van der Waals surface area contributed by atoms with Gasteiger partial charge in [0.05, 0.1) is 0 Å². The Morgan fingerprint density at radius 1 is 1.70 bits per heavy atom. The van der Waals surface area contributed by atoms with E-state index in [-0.39, 0.29) is 13.2 Å². The van der Waals surface area contributed by atoms with E-state index in [9.17, 15) is 0 Å². The smallest absolute Gasteiger partial charge is 0.430 e. The van der Waals surface area contributed by atoms with Crippen molar-refractivity contribution in [1.82, 2.24) is 0 Å². The third-order valence-corrected chi connectivity index (χ3v) is 1.38. The number of hydrogen-bond acceptors (Lipinski definition) is 3. The predicted molar refractivity (Wildman–Crippen MR) is 41.2 cm³/mol. The highest BCUT2D eigenvalue weighted by Gasteiger charge is 2.02. The predicted octanol–water partition coefficient (Wildman–Crippen LogP) is 0.253. The summed E-state index contributed by atoms with van der Waals surface area (Å²) >= 11 is 5.58. The Morgan fingerprint density at radius 2 is 2.40 bits per heavy atom. The van der Waals surface area contributed by atoms with E-state index in [2.05, 4.69) is 4.65 Å². The summed E-state index contributed by atoms with van der Waals surface area (Å²) in [6, 6.07) is 0. The van der Waals surface area contributed by atoms with Crippen LogP contribution >= 0.6 is 11.6 Å². The number of ether oxygens (including phenoxy) is 1. The van der Waals surface area contributed by atoms with E-state index in [1.165, 1.54) is 0 Å². The van der Waals surface area contributed by atoms with Gasteiger partial charge in [-0.15, -0.1) is 0 Å². The number of methoxy groups -OCH3 is 1. The minimum atomic E-state index is -0.389. The van der Waals surface area contributed by atoms with Crippen LogP contribution in [0, 0.1) is 0 Å². The van der Waals surface area contributed by atoms with Crippen LogP contribution in [-0.4, -0.2) is 32.0 Å². The molecule has 0 aliphatic heterocycles. The molecule has 0 rings (SSSR count). The highest BCUT2D eigenvalue weighted by molar-refractivity contribution is 6.23. The molecular weight excluding hydrogens is 154 g/mol. The summed E-state index contributed by atoms with van der Waals surface area (Å²) in [4.78, 5) is 0. The van der Waals surface area contributed by atoms with Gasteiger partial charge in [-0.1, -0.05) is 11.6 Å². The minimum Gasteiger partial charge on any atom is -0.430 e. The topological polar surface area (TPSA) is 38.7 Å². The molecule has 0 aromatic carbocycles. The van der Waals surface area contributed by atoms with Crippen molar-refractivity contribution in [3.05, 3.63) is 0 Å². The lowest BCUT2D eigenvalue weighted by Crippen LogP contribution is -2.09. The average molecular weight is 166 g/mol. The molecule has 0 amide bonds. The first-order chi connectivity index (χ1) is 4.81. The van der Waals surface area contributed by atoms with Crippen LogP contribution in [0.3, 0.4) is 0 Å². The van der Waals surface area contributed by atoms with Crippen molar-refractivity contribution >= 4 is 19.3 Å². The summed E-state index contributed by atoms with van der Waals surface area (Å²) in [5.74, 6) is 0. The van der Waals surface area contributed by atoms with Gasteiger partial charge in [-0.25, -0.2) is 0 Å². The van der Waals surface area contributed by atoms with Gasteiger partial charge in [0.1, 0.15) is 5.56 Å². The molecule has 0 aromatic rings. The van der Waals surface area contributed by atoms with E-state index in [1.807, 2.05) is 0 Å². The van der Waals surface area contributed by atoms with Gasteiger partial charge in [-0.05, 0) is 12.8 Å². The Kier molecular flexibility index (Phi) is 7.52. The maximum atomic E-state index is 8.26. The zero-order valence-corrected chi connectivity index (χ0v) is 6.80. The molecule has 1 N–H and O–H groups in total. The second-order valence-corrected chi connectivity index (χ2v) is 2.33. The number of alkyl halides is 1. The molecule has 0 spiro atoms. The molecule has 0 saturated heterocycles. The van der Waals surface area contributed by atoms with Crippen LogP contribution in [0.15, 0.2) is 0 Å². The van der Waals surface area contributed by atoms with Gasteiger partial charge < -0.3 is 14.4 Å². The summed E-state index contributed by atoms with van der Waals surface area (Å²) in [5, 5.41) is 8.26. The first-order valence-corrected chi connectivity index (χ1v) is 3.60. The standard InChI is InChI=1S/C5H12BClO3/c1-9-4-2-3-5(7)10-6-8/h5-6,8H,2-4H2,1H3/t5-/m0/s1. The van der Waals surface area contributed by atoms with Crippen LogP contribution in [-0.2, 0) is 9.39 Å². The first-order valence-electron chi connectivity index (χ1n) is 3.16. The Morgan fingerprint density at radius 3 is 2.90 bits per heavy atom. The van der Waals surface area contributed by atoms with Crippen LogP contribution in [0.5, 0.6) is 0 Å². The first kappa shape index (κ1) is 10.2. The molecule has 0 bridgehead atoms. The van der Waals surface area contributed by atoms with Crippen molar-refractivity contribution in [2.75, 3.05) is 13.7 Å². The number of halogens is 1. The number of hydrogen-bond donors (Lipinski definition) is 1. The third-order valence-electron chi connectivity index (χ3n) is 1.03. The van der Waals surface area contributed by atoms with Gasteiger partial charge in [-0.3, -0.25) is 0 Å². The van der Waals surface area contributed by atoms with Crippen molar-refractivity contribution in [3.63, 3.8) is 0 Å². The Labute approximate surface area is 66.6 Å². The molecule has 5 heteroatoms. The second kappa shape index (κ2) is 7.34. The third kappa shape index (κ3) is 6.36. The maximum absolute atomic E-state index is 8.26. The summed E-state index contributed by atoms with van der Waals surface area (Å²) in [6.07, 6.45) is 1.56. The van der Waals surface area contributed by atoms with Crippen molar-refractivity contribution in [2.24, 2.45) is 0 Å². The van der Waals surface area contributed by atoms with Crippen LogP contribution < -0.4 is 0 Å². The van der Waals surface area contributed by atoms with Gasteiger partial charge in [0.25, 0.3) is 0 Å². The molecular formula is C5H12BClO3. The molecule has 0 aliphatic carbocycles. The van der Waals surface area contributed by atoms with E-state index in [1.54, 1.807) is 7.11 Å². The quantitative estimate of drug-likeness (QED) is 0.349. The lowest BCUT2D eigenvalue weighted by Gasteiger charge is -2.06.